The minimum absolute atomic E-state index is 0.0415. The summed E-state index contributed by atoms with van der Waals surface area (Å²) in [6, 6.07) is 5.99. The third-order valence-electron chi connectivity index (χ3n) is 4.07. The highest BCUT2D eigenvalue weighted by Gasteiger charge is 2.39. The Balaban J connectivity index is 2.18. The molecule has 2 atom stereocenters. The van der Waals surface area contributed by atoms with Crippen molar-refractivity contribution in [3.63, 3.8) is 0 Å². The molecular weight excluding hydrogens is 257 g/mol. The van der Waals surface area contributed by atoms with Gasteiger partial charge in [-0.2, -0.15) is 0 Å². The molecule has 0 spiro atoms. The fraction of sp³-hybridized carbons (Fsp3) is 0.562. The average molecular weight is 279 g/mol. The Bertz CT molecular complexity index is 495. The second-order valence-corrected chi connectivity index (χ2v) is 6.12. The molecule has 1 heterocycles. The van der Waals surface area contributed by atoms with Crippen molar-refractivity contribution in [2.45, 2.75) is 51.2 Å². The van der Waals surface area contributed by atoms with Gasteiger partial charge in [0.05, 0.1) is 17.6 Å². The summed E-state index contributed by atoms with van der Waals surface area (Å²) < 4.78 is 13.3. The van der Waals surface area contributed by atoms with Crippen LogP contribution in [0.5, 0.6) is 0 Å². The minimum Gasteiger partial charge on any atom is -0.388 e. The lowest BCUT2D eigenvalue weighted by Gasteiger charge is -2.35. The van der Waals surface area contributed by atoms with Gasteiger partial charge in [-0.25, -0.2) is 4.39 Å². The first-order valence-corrected chi connectivity index (χ1v) is 7.09. The quantitative estimate of drug-likeness (QED) is 0.924. The number of amides is 1. The Morgan fingerprint density at radius 1 is 1.50 bits per heavy atom. The highest BCUT2D eigenvalue weighted by molar-refractivity contribution is 5.84. The molecule has 1 aromatic rings. The van der Waals surface area contributed by atoms with Gasteiger partial charge in [-0.3, -0.25) is 4.79 Å². The van der Waals surface area contributed by atoms with Gasteiger partial charge in [0.2, 0.25) is 5.91 Å². The first-order valence-electron chi connectivity index (χ1n) is 7.09. The summed E-state index contributed by atoms with van der Waals surface area (Å²) >= 11 is 0. The molecule has 0 aromatic heterocycles. The number of carbonyl (C=O) groups excluding carboxylic acids is 1. The van der Waals surface area contributed by atoms with E-state index in [1.54, 1.807) is 37.8 Å². The van der Waals surface area contributed by atoms with Crippen LogP contribution >= 0.6 is 0 Å². The largest absolute Gasteiger partial charge is 0.388 e. The second kappa shape index (κ2) is 5.52. The molecule has 0 radical (unpaired) electrons. The second-order valence-electron chi connectivity index (χ2n) is 6.12. The minimum atomic E-state index is -0.909. The molecule has 1 amide bonds. The summed E-state index contributed by atoms with van der Waals surface area (Å²) in [5, 5.41) is 10.2. The summed E-state index contributed by atoms with van der Waals surface area (Å²) in [6.45, 7) is 5.91. The molecule has 110 valence electrons. The number of halogens is 1. The maximum atomic E-state index is 13.3. The molecule has 3 nitrogen and oxygen atoms in total. The van der Waals surface area contributed by atoms with Crippen LogP contribution in [0.15, 0.2) is 24.3 Å². The Kier molecular flexibility index (Phi) is 4.14. The van der Waals surface area contributed by atoms with Gasteiger partial charge in [-0.05, 0) is 51.3 Å². The Hall–Kier alpha value is -1.42. The van der Waals surface area contributed by atoms with Crippen molar-refractivity contribution in [1.82, 2.24) is 4.90 Å². The number of hydrogen-bond acceptors (Lipinski definition) is 2. The molecule has 1 aromatic carbocycles. The Morgan fingerprint density at radius 3 is 2.80 bits per heavy atom. The fourth-order valence-corrected chi connectivity index (χ4v) is 2.93. The van der Waals surface area contributed by atoms with E-state index in [2.05, 4.69) is 0 Å². The third-order valence-corrected chi connectivity index (χ3v) is 4.07. The van der Waals surface area contributed by atoms with Crippen molar-refractivity contribution in [3.8, 4) is 0 Å². The van der Waals surface area contributed by atoms with Crippen molar-refractivity contribution in [3.05, 3.63) is 35.6 Å². The van der Waals surface area contributed by atoms with Gasteiger partial charge in [0.1, 0.15) is 5.82 Å². The van der Waals surface area contributed by atoms with Crippen molar-refractivity contribution in [2.75, 3.05) is 6.54 Å². The topological polar surface area (TPSA) is 40.5 Å². The number of carbonyl (C=O) groups is 1. The maximum Gasteiger partial charge on any atom is 0.230 e. The van der Waals surface area contributed by atoms with Gasteiger partial charge < -0.3 is 10.0 Å². The molecule has 0 saturated carbocycles. The van der Waals surface area contributed by atoms with Crippen LogP contribution in [-0.2, 0) is 4.79 Å². The highest BCUT2D eigenvalue weighted by Crippen LogP contribution is 2.30. The number of likely N-dealkylation sites (tertiary alicyclic amines) is 1. The lowest BCUT2D eigenvalue weighted by atomic mass is 9.94. The fourth-order valence-electron chi connectivity index (χ4n) is 2.93. The molecule has 0 bridgehead atoms. The van der Waals surface area contributed by atoms with E-state index in [9.17, 15) is 14.3 Å². The molecule has 1 saturated heterocycles. The monoisotopic (exact) mass is 279 g/mol. The third kappa shape index (κ3) is 3.01. The van der Waals surface area contributed by atoms with E-state index in [0.717, 1.165) is 12.8 Å². The van der Waals surface area contributed by atoms with Crippen LogP contribution in [0.1, 0.15) is 45.1 Å². The Morgan fingerprint density at radius 2 is 2.20 bits per heavy atom. The van der Waals surface area contributed by atoms with E-state index in [1.807, 2.05) is 0 Å². The smallest absolute Gasteiger partial charge is 0.230 e. The first-order chi connectivity index (χ1) is 9.30. The van der Waals surface area contributed by atoms with E-state index in [4.69, 9.17) is 0 Å². The van der Waals surface area contributed by atoms with Crippen molar-refractivity contribution >= 4 is 5.91 Å². The molecule has 1 aliphatic rings. The van der Waals surface area contributed by atoms with E-state index in [1.165, 1.54) is 12.1 Å². The van der Waals surface area contributed by atoms with Crippen LogP contribution in [0.3, 0.4) is 0 Å². The lowest BCUT2D eigenvalue weighted by Crippen LogP contribution is -2.49. The maximum absolute atomic E-state index is 13.3. The van der Waals surface area contributed by atoms with Crippen LogP contribution in [0.25, 0.3) is 0 Å². The summed E-state index contributed by atoms with van der Waals surface area (Å²) in [7, 11) is 0. The summed E-state index contributed by atoms with van der Waals surface area (Å²) in [4.78, 5) is 14.4. The molecule has 1 aliphatic heterocycles. The molecular formula is C16H22FNO2. The molecule has 4 heteroatoms. The SMILES string of the molecule is CC(C(=O)N1CCCC1C(C)(C)O)c1cccc(F)c1. The number of hydrogen-bond donors (Lipinski definition) is 1. The van der Waals surface area contributed by atoms with Crippen molar-refractivity contribution < 1.29 is 14.3 Å². The van der Waals surface area contributed by atoms with E-state index >= 15 is 0 Å². The molecule has 0 aliphatic carbocycles. The van der Waals surface area contributed by atoms with E-state index in [-0.39, 0.29) is 17.8 Å². The number of rotatable bonds is 3. The normalized spacial score (nSPS) is 21.1. The lowest BCUT2D eigenvalue weighted by molar-refractivity contribution is -0.137. The molecule has 1 fully saturated rings. The zero-order chi connectivity index (χ0) is 14.9. The zero-order valence-corrected chi connectivity index (χ0v) is 12.3. The van der Waals surface area contributed by atoms with Gasteiger partial charge in [-0.15, -0.1) is 0 Å². The summed E-state index contributed by atoms with van der Waals surface area (Å²) in [5.74, 6) is -0.767. The van der Waals surface area contributed by atoms with Gasteiger partial charge >= 0.3 is 0 Å². The van der Waals surface area contributed by atoms with Crippen molar-refractivity contribution in [2.24, 2.45) is 0 Å². The average Bonchev–Trinajstić information content (AvgIpc) is 2.86. The van der Waals surface area contributed by atoms with Crippen molar-refractivity contribution in [1.29, 1.82) is 0 Å². The van der Waals surface area contributed by atoms with Gasteiger partial charge in [0.25, 0.3) is 0 Å². The van der Waals surface area contributed by atoms with E-state index < -0.39 is 11.5 Å². The highest BCUT2D eigenvalue weighted by atomic mass is 19.1. The van der Waals surface area contributed by atoms with Gasteiger partial charge in [-0.1, -0.05) is 12.1 Å². The Labute approximate surface area is 119 Å². The summed E-state index contributed by atoms with van der Waals surface area (Å²) in [5.41, 5.74) is -0.232. The number of aliphatic hydroxyl groups is 1. The standard InChI is InChI=1S/C16H22FNO2/c1-11(12-6-4-7-13(17)10-12)15(19)18-9-5-8-14(18)16(2,3)20/h4,6-7,10-11,14,20H,5,8-9H2,1-3H3. The predicted octanol–water partition coefficient (Wildman–Crippen LogP) is 2.69. The van der Waals surface area contributed by atoms with Crippen LogP contribution in [0, 0.1) is 5.82 Å². The van der Waals surface area contributed by atoms with Crippen LogP contribution in [0.4, 0.5) is 4.39 Å². The predicted molar refractivity (Wildman–Crippen MR) is 75.8 cm³/mol. The first kappa shape index (κ1) is 15.0. The van der Waals surface area contributed by atoms with E-state index in [0.29, 0.717) is 12.1 Å². The van der Waals surface area contributed by atoms with Gasteiger partial charge in [0.15, 0.2) is 0 Å². The molecule has 2 rings (SSSR count). The molecule has 2 unspecified atom stereocenters. The van der Waals surface area contributed by atoms with Crippen LogP contribution in [0.2, 0.25) is 0 Å². The number of benzene rings is 1. The van der Waals surface area contributed by atoms with Crippen LogP contribution in [-0.4, -0.2) is 34.1 Å². The molecule has 1 N–H and O–H groups in total. The summed E-state index contributed by atoms with van der Waals surface area (Å²) in [6.07, 6.45) is 1.71. The van der Waals surface area contributed by atoms with Crippen LogP contribution < -0.4 is 0 Å². The zero-order valence-electron chi connectivity index (χ0n) is 12.3. The van der Waals surface area contributed by atoms with Gasteiger partial charge in [0, 0.05) is 6.54 Å². The number of nitrogens with zero attached hydrogens (tertiary/aromatic N) is 1. The molecule has 20 heavy (non-hydrogen) atoms.